The van der Waals surface area contributed by atoms with Crippen LogP contribution >= 0.6 is 0 Å². The molecule has 1 saturated heterocycles. The van der Waals surface area contributed by atoms with E-state index in [4.69, 9.17) is 0 Å². The number of amides is 1. The van der Waals surface area contributed by atoms with E-state index >= 15 is 0 Å². The Kier molecular flexibility index (Phi) is 7.37. The Labute approximate surface area is 191 Å². The van der Waals surface area contributed by atoms with E-state index in [9.17, 15) is 26.4 Å². The Hall–Kier alpha value is -2.60. The van der Waals surface area contributed by atoms with Gasteiger partial charge in [0.15, 0.2) is 0 Å². The molecule has 1 N–H and O–H groups in total. The Morgan fingerprint density at radius 2 is 1.94 bits per heavy atom. The molecule has 182 valence electrons. The first-order valence-corrected chi connectivity index (χ1v) is 12.0. The summed E-state index contributed by atoms with van der Waals surface area (Å²) in [6, 6.07) is 2.97. The van der Waals surface area contributed by atoms with E-state index in [1.807, 2.05) is 16.7 Å². The summed E-state index contributed by atoms with van der Waals surface area (Å²) in [4.78, 5) is 14.7. The quantitative estimate of drug-likeness (QED) is 0.649. The van der Waals surface area contributed by atoms with Crippen LogP contribution < -0.4 is 9.03 Å². The minimum absolute atomic E-state index is 0.0969. The number of rotatable bonds is 7. The number of carbonyl (C=O) groups excluding carboxylic acids is 1. The molecule has 3 rings (SSSR count). The van der Waals surface area contributed by atoms with Gasteiger partial charge in [0.05, 0.1) is 29.9 Å². The second-order valence-electron chi connectivity index (χ2n) is 8.32. The average molecular weight is 488 g/mol. The van der Waals surface area contributed by atoms with E-state index in [1.54, 1.807) is 20.2 Å². The first-order valence-electron chi connectivity index (χ1n) is 10.6. The van der Waals surface area contributed by atoms with Gasteiger partial charge < -0.3 is 4.90 Å². The number of aryl methyl sites for hydroxylation is 2. The molecule has 1 atom stereocenters. The summed E-state index contributed by atoms with van der Waals surface area (Å²) in [5.41, 5.74) is -0.0439. The zero-order chi connectivity index (χ0) is 24.4. The maximum Gasteiger partial charge on any atom is 0.416 e. The second kappa shape index (κ2) is 9.72. The van der Waals surface area contributed by atoms with Gasteiger partial charge in [0.25, 0.3) is 0 Å². The molecule has 0 radical (unpaired) electrons. The molecule has 1 unspecified atom stereocenters. The van der Waals surface area contributed by atoms with Crippen LogP contribution in [-0.4, -0.2) is 55.2 Å². The molecule has 2 heterocycles. The van der Waals surface area contributed by atoms with Crippen LogP contribution in [0.15, 0.2) is 30.6 Å². The Bertz CT molecular complexity index is 1100. The van der Waals surface area contributed by atoms with Crippen LogP contribution in [0.2, 0.25) is 0 Å². The minimum Gasteiger partial charge on any atom is -0.304 e. The number of nitrogens with zero attached hydrogens (tertiary/aromatic N) is 4. The summed E-state index contributed by atoms with van der Waals surface area (Å²) in [6.45, 7) is 3.01. The first-order chi connectivity index (χ1) is 15.4. The van der Waals surface area contributed by atoms with Crippen molar-refractivity contribution < 1.29 is 26.4 Å². The zero-order valence-corrected chi connectivity index (χ0v) is 19.6. The fourth-order valence-electron chi connectivity index (χ4n) is 4.05. The molecular weight excluding hydrogens is 459 g/mol. The summed E-state index contributed by atoms with van der Waals surface area (Å²) in [5.74, 6) is -0.908. The van der Waals surface area contributed by atoms with Crippen LogP contribution in [0.1, 0.15) is 36.5 Å². The van der Waals surface area contributed by atoms with Crippen molar-refractivity contribution in [1.29, 1.82) is 0 Å². The van der Waals surface area contributed by atoms with E-state index in [0.717, 1.165) is 29.4 Å². The highest BCUT2D eigenvalue weighted by Crippen LogP contribution is 2.31. The van der Waals surface area contributed by atoms with Crippen molar-refractivity contribution in [2.45, 2.75) is 44.8 Å². The van der Waals surface area contributed by atoms with Crippen molar-refractivity contribution >= 4 is 21.8 Å². The molecule has 2 aromatic rings. The molecule has 12 heteroatoms. The summed E-state index contributed by atoms with van der Waals surface area (Å²) >= 11 is 0. The number of nitrogens with one attached hydrogen (secondary N) is 1. The van der Waals surface area contributed by atoms with Gasteiger partial charge in [0.2, 0.25) is 5.91 Å². The van der Waals surface area contributed by atoms with Crippen molar-refractivity contribution in [3.05, 3.63) is 47.3 Å². The minimum atomic E-state index is -4.56. The number of anilines is 1. The molecule has 0 bridgehead atoms. The Balaban J connectivity index is 1.84. The molecule has 8 nitrogen and oxygen atoms in total. The Morgan fingerprint density at radius 1 is 1.24 bits per heavy atom. The van der Waals surface area contributed by atoms with E-state index < -0.39 is 40.3 Å². The van der Waals surface area contributed by atoms with Gasteiger partial charge >= 0.3 is 16.4 Å². The van der Waals surface area contributed by atoms with Gasteiger partial charge in [-0.1, -0.05) is 13.0 Å². The van der Waals surface area contributed by atoms with Crippen molar-refractivity contribution in [2.24, 2.45) is 7.05 Å². The summed E-state index contributed by atoms with van der Waals surface area (Å²) < 4.78 is 70.8. The monoisotopic (exact) mass is 487 g/mol. The molecule has 1 fully saturated rings. The molecule has 1 aliphatic rings. The van der Waals surface area contributed by atoms with Crippen LogP contribution in [0.3, 0.4) is 0 Å². The predicted octanol–water partition coefficient (Wildman–Crippen LogP) is 2.51. The van der Waals surface area contributed by atoms with E-state index in [-0.39, 0.29) is 5.56 Å². The maximum absolute atomic E-state index is 13.3. The largest absolute Gasteiger partial charge is 0.416 e. The molecule has 1 aliphatic heterocycles. The SMILES string of the molecule is CCc1cc(CC(=O)NS(=O)(=O)N(c2cnn(C)c2)C2CCCN(C)C2)cc(C(F)(F)F)c1. The predicted molar refractivity (Wildman–Crippen MR) is 118 cm³/mol. The normalized spacial score (nSPS) is 17.7. The number of hydrogen-bond acceptors (Lipinski definition) is 5. The second-order valence-corrected chi connectivity index (χ2v) is 9.87. The number of aromatic nitrogens is 2. The van der Waals surface area contributed by atoms with Crippen molar-refractivity contribution in [3.63, 3.8) is 0 Å². The Morgan fingerprint density at radius 3 is 2.52 bits per heavy atom. The number of likely N-dealkylation sites (N-methyl/N-ethyl adjacent to an activating group) is 1. The topological polar surface area (TPSA) is 87.5 Å². The van der Waals surface area contributed by atoms with Crippen molar-refractivity contribution in [2.75, 3.05) is 24.4 Å². The van der Waals surface area contributed by atoms with Gasteiger partial charge in [-0.15, -0.1) is 0 Å². The number of halogens is 3. The van der Waals surface area contributed by atoms with Gasteiger partial charge in [0.1, 0.15) is 0 Å². The number of hydrogen-bond donors (Lipinski definition) is 1. The van der Waals surface area contributed by atoms with Crippen LogP contribution in [0, 0.1) is 0 Å². The molecule has 1 aromatic carbocycles. The fourth-order valence-corrected chi connectivity index (χ4v) is 5.44. The van der Waals surface area contributed by atoms with Gasteiger partial charge in [-0.3, -0.25) is 9.48 Å². The van der Waals surface area contributed by atoms with Gasteiger partial charge in [0, 0.05) is 19.8 Å². The smallest absolute Gasteiger partial charge is 0.304 e. The van der Waals surface area contributed by atoms with E-state index in [1.165, 1.54) is 16.9 Å². The average Bonchev–Trinajstić information content (AvgIpc) is 3.11. The number of alkyl halides is 3. The van der Waals surface area contributed by atoms with Crippen molar-refractivity contribution in [3.8, 4) is 0 Å². The third kappa shape index (κ3) is 6.26. The highest BCUT2D eigenvalue weighted by atomic mass is 32.2. The van der Waals surface area contributed by atoms with E-state index in [0.29, 0.717) is 30.6 Å². The fraction of sp³-hybridized carbons (Fsp3) is 0.524. The van der Waals surface area contributed by atoms with Crippen LogP contribution in [0.5, 0.6) is 0 Å². The lowest BCUT2D eigenvalue weighted by atomic mass is 10.0. The standard InChI is InChI=1S/C21H28F3N5O3S/c1-4-15-8-16(10-17(9-15)21(22,23)24)11-20(30)26-33(31,32)29(19-12-25-28(3)14-19)18-6-5-7-27(2)13-18/h8-10,12,14,18H,4-7,11,13H2,1-3H3,(H,26,30). The number of likely N-dealkylation sites (tertiary alicyclic amines) is 1. The highest BCUT2D eigenvalue weighted by Gasteiger charge is 2.35. The van der Waals surface area contributed by atoms with Gasteiger partial charge in [-0.25, -0.2) is 9.03 Å². The van der Waals surface area contributed by atoms with Gasteiger partial charge in [-0.2, -0.15) is 26.7 Å². The van der Waals surface area contributed by atoms with E-state index in [2.05, 4.69) is 5.10 Å². The molecule has 1 amide bonds. The molecule has 0 spiro atoms. The van der Waals surface area contributed by atoms with Crippen LogP contribution in [-0.2, 0) is 41.1 Å². The third-order valence-electron chi connectivity index (χ3n) is 5.53. The van der Waals surface area contributed by atoms with Crippen molar-refractivity contribution in [1.82, 2.24) is 19.4 Å². The summed E-state index contributed by atoms with van der Waals surface area (Å²) in [5, 5.41) is 4.04. The maximum atomic E-state index is 13.3. The zero-order valence-electron chi connectivity index (χ0n) is 18.8. The summed E-state index contributed by atoms with van der Waals surface area (Å²) in [6.07, 6.45) is -0.389. The number of piperidine rings is 1. The summed E-state index contributed by atoms with van der Waals surface area (Å²) in [7, 11) is -0.789. The lowest BCUT2D eigenvalue weighted by Crippen LogP contribution is -2.54. The molecule has 33 heavy (non-hydrogen) atoms. The lowest BCUT2D eigenvalue weighted by Gasteiger charge is -2.37. The number of benzene rings is 1. The molecular formula is C21H28F3N5O3S. The highest BCUT2D eigenvalue weighted by molar-refractivity contribution is 7.91. The molecule has 0 saturated carbocycles. The third-order valence-corrected chi connectivity index (χ3v) is 7.04. The van der Waals surface area contributed by atoms with Crippen LogP contribution in [0.25, 0.3) is 0 Å². The number of carbonyl (C=O) groups is 1. The first kappa shape index (κ1) is 25.0. The molecule has 0 aliphatic carbocycles. The van der Waals surface area contributed by atoms with Crippen LogP contribution in [0.4, 0.5) is 18.9 Å². The van der Waals surface area contributed by atoms with Gasteiger partial charge in [-0.05, 0) is 56.1 Å². The molecule has 1 aromatic heterocycles. The lowest BCUT2D eigenvalue weighted by molar-refractivity contribution is -0.137.